The Kier molecular flexibility index (Phi) is 5.18. The number of phenols is 1. The van der Waals surface area contributed by atoms with E-state index in [0.717, 1.165) is 5.56 Å². The second kappa shape index (κ2) is 6.75. The van der Waals surface area contributed by atoms with Crippen LogP contribution in [0.25, 0.3) is 0 Å². The van der Waals surface area contributed by atoms with Crippen LogP contribution in [-0.2, 0) is 6.54 Å². The molecule has 1 saturated heterocycles. The van der Waals surface area contributed by atoms with Gasteiger partial charge in [0.1, 0.15) is 0 Å². The van der Waals surface area contributed by atoms with Crippen molar-refractivity contribution in [3.05, 3.63) is 23.8 Å². The van der Waals surface area contributed by atoms with E-state index >= 15 is 0 Å². The highest BCUT2D eigenvalue weighted by atomic mass is 19.4. The number of halogens is 3. The summed E-state index contributed by atoms with van der Waals surface area (Å²) in [6.07, 6.45) is -6.17. The molecule has 0 aliphatic carbocycles. The molecule has 1 unspecified atom stereocenters. The molecule has 1 fully saturated rings. The van der Waals surface area contributed by atoms with Gasteiger partial charge in [0, 0.05) is 6.54 Å². The number of piperidine rings is 1. The Morgan fingerprint density at radius 3 is 2.45 bits per heavy atom. The number of phenolic OH excluding ortho intramolecular Hbond substituents is 1. The molecule has 7 heteroatoms. The summed E-state index contributed by atoms with van der Waals surface area (Å²) in [4.78, 5) is 2.01. The van der Waals surface area contributed by atoms with E-state index in [0.29, 0.717) is 38.2 Å². The molecular weight excluding hydrogens is 299 g/mol. The number of benzene rings is 1. The lowest BCUT2D eigenvalue weighted by Gasteiger charge is -2.34. The third kappa shape index (κ3) is 4.04. The van der Waals surface area contributed by atoms with Gasteiger partial charge in [-0.15, -0.1) is 0 Å². The molecule has 1 aliphatic rings. The molecule has 4 nitrogen and oxygen atoms in total. The van der Waals surface area contributed by atoms with E-state index in [1.807, 2.05) is 11.0 Å². The zero-order valence-corrected chi connectivity index (χ0v) is 12.3. The molecule has 124 valence electrons. The SMILES string of the molecule is COc1ccc(CN2CCC(C(O)C(F)(F)F)CC2)cc1O. The van der Waals surface area contributed by atoms with Crippen LogP contribution in [0.2, 0.25) is 0 Å². The first-order valence-electron chi connectivity index (χ1n) is 7.14. The van der Waals surface area contributed by atoms with Crippen LogP contribution in [0.4, 0.5) is 13.2 Å². The average molecular weight is 319 g/mol. The molecule has 22 heavy (non-hydrogen) atoms. The molecular formula is C15H20F3NO3. The number of methoxy groups -OCH3 is 1. The van der Waals surface area contributed by atoms with Crippen molar-refractivity contribution in [3.63, 3.8) is 0 Å². The molecule has 2 rings (SSSR count). The summed E-state index contributed by atoms with van der Waals surface area (Å²) < 4.78 is 42.4. The summed E-state index contributed by atoms with van der Waals surface area (Å²) in [7, 11) is 1.46. The van der Waals surface area contributed by atoms with Gasteiger partial charge < -0.3 is 14.9 Å². The van der Waals surface area contributed by atoms with Gasteiger partial charge in [-0.2, -0.15) is 13.2 Å². The Hall–Kier alpha value is -1.47. The fourth-order valence-corrected chi connectivity index (χ4v) is 2.79. The maximum Gasteiger partial charge on any atom is 0.414 e. The van der Waals surface area contributed by atoms with Gasteiger partial charge in [0.2, 0.25) is 0 Å². The minimum absolute atomic E-state index is 0.0439. The third-order valence-corrected chi connectivity index (χ3v) is 4.06. The van der Waals surface area contributed by atoms with Gasteiger partial charge in [0.05, 0.1) is 7.11 Å². The van der Waals surface area contributed by atoms with E-state index in [1.165, 1.54) is 7.11 Å². The van der Waals surface area contributed by atoms with Gasteiger partial charge in [-0.05, 0) is 49.5 Å². The molecule has 1 aromatic rings. The van der Waals surface area contributed by atoms with Crippen LogP contribution in [-0.4, -0.2) is 47.6 Å². The number of hydrogen-bond donors (Lipinski definition) is 2. The van der Waals surface area contributed by atoms with Crippen molar-refractivity contribution in [2.45, 2.75) is 31.7 Å². The molecule has 0 bridgehead atoms. The van der Waals surface area contributed by atoms with Gasteiger partial charge >= 0.3 is 6.18 Å². The Balaban J connectivity index is 1.89. The van der Waals surface area contributed by atoms with Gasteiger partial charge in [0.15, 0.2) is 17.6 Å². The van der Waals surface area contributed by atoms with Crippen molar-refractivity contribution >= 4 is 0 Å². The Bertz CT molecular complexity index is 499. The fraction of sp³-hybridized carbons (Fsp3) is 0.600. The lowest BCUT2D eigenvalue weighted by Crippen LogP contribution is -2.43. The monoisotopic (exact) mass is 319 g/mol. The highest BCUT2D eigenvalue weighted by molar-refractivity contribution is 5.41. The van der Waals surface area contributed by atoms with E-state index in [1.54, 1.807) is 12.1 Å². The van der Waals surface area contributed by atoms with Crippen LogP contribution in [0.5, 0.6) is 11.5 Å². The van der Waals surface area contributed by atoms with Crippen molar-refractivity contribution in [1.82, 2.24) is 4.90 Å². The van der Waals surface area contributed by atoms with Gasteiger partial charge in [-0.3, -0.25) is 4.90 Å². The van der Waals surface area contributed by atoms with Crippen molar-refractivity contribution in [2.24, 2.45) is 5.92 Å². The van der Waals surface area contributed by atoms with E-state index in [9.17, 15) is 23.4 Å². The van der Waals surface area contributed by atoms with Gasteiger partial charge in [-0.25, -0.2) is 0 Å². The van der Waals surface area contributed by atoms with E-state index < -0.39 is 18.2 Å². The second-order valence-corrected chi connectivity index (χ2v) is 5.61. The fourth-order valence-electron chi connectivity index (χ4n) is 2.79. The summed E-state index contributed by atoms with van der Waals surface area (Å²) in [6.45, 7) is 1.53. The first-order chi connectivity index (χ1) is 10.3. The molecule has 2 N–H and O–H groups in total. The summed E-state index contributed by atoms with van der Waals surface area (Å²) >= 11 is 0. The predicted molar refractivity (Wildman–Crippen MR) is 74.7 cm³/mol. The zero-order chi connectivity index (χ0) is 16.3. The molecule has 0 spiro atoms. The first-order valence-corrected chi connectivity index (χ1v) is 7.14. The number of aliphatic hydroxyl groups excluding tert-OH is 1. The number of rotatable bonds is 4. The second-order valence-electron chi connectivity index (χ2n) is 5.61. The average Bonchev–Trinajstić information content (AvgIpc) is 2.46. The third-order valence-electron chi connectivity index (χ3n) is 4.06. The minimum atomic E-state index is -4.55. The first kappa shape index (κ1) is 16.9. The van der Waals surface area contributed by atoms with Crippen LogP contribution in [0, 0.1) is 5.92 Å². The summed E-state index contributed by atoms with van der Waals surface area (Å²) in [6, 6.07) is 5.06. The lowest BCUT2D eigenvalue weighted by molar-refractivity contribution is -0.223. The van der Waals surface area contributed by atoms with E-state index in [2.05, 4.69) is 0 Å². The van der Waals surface area contributed by atoms with E-state index in [4.69, 9.17) is 4.74 Å². The molecule has 0 radical (unpaired) electrons. The topological polar surface area (TPSA) is 52.9 Å². The van der Waals surface area contributed by atoms with Crippen LogP contribution in [0.15, 0.2) is 18.2 Å². The largest absolute Gasteiger partial charge is 0.504 e. The summed E-state index contributed by atoms with van der Waals surface area (Å²) in [5.41, 5.74) is 0.869. The number of aliphatic hydroxyl groups is 1. The molecule has 0 aromatic heterocycles. The maximum atomic E-state index is 12.5. The minimum Gasteiger partial charge on any atom is -0.504 e. The molecule has 0 saturated carbocycles. The molecule has 1 aromatic carbocycles. The number of alkyl halides is 3. The van der Waals surface area contributed by atoms with Gasteiger partial charge in [-0.1, -0.05) is 6.07 Å². The summed E-state index contributed by atoms with van der Waals surface area (Å²) in [5, 5.41) is 19.0. The predicted octanol–water partition coefficient (Wildman–Crippen LogP) is 2.54. The Morgan fingerprint density at radius 1 is 1.32 bits per heavy atom. The number of likely N-dealkylation sites (tertiary alicyclic amines) is 1. The van der Waals surface area contributed by atoms with Crippen molar-refractivity contribution < 1.29 is 28.1 Å². The standard InChI is InChI=1S/C15H20F3NO3/c1-22-13-3-2-10(8-12(13)20)9-19-6-4-11(5-7-19)14(21)15(16,17)18/h2-3,8,11,14,20-21H,4-7,9H2,1H3. The van der Waals surface area contributed by atoms with Gasteiger partial charge in [0.25, 0.3) is 0 Å². The van der Waals surface area contributed by atoms with Crippen molar-refractivity contribution in [3.8, 4) is 11.5 Å². The number of nitrogens with zero attached hydrogens (tertiary/aromatic N) is 1. The van der Waals surface area contributed by atoms with Crippen molar-refractivity contribution in [1.29, 1.82) is 0 Å². The number of ether oxygens (including phenoxy) is 1. The Morgan fingerprint density at radius 2 is 1.95 bits per heavy atom. The maximum absolute atomic E-state index is 12.5. The van der Waals surface area contributed by atoms with Crippen molar-refractivity contribution in [2.75, 3.05) is 20.2 Å². The molecule has 1 atom stereocenters. The number of hydrogen-bond acceptors (Lipinski definition) is 4. The molecule has 1 aliphatic heterocycles. The summed E-state index contributed by atoms with van der Waals surface area (Å²) in [5.74, 6) is -0.307. The van der Waals surface area contributed by atoms with Crippen LogP contribution >= 0.6 is 0 Å². The van der Waals surface area contributed by atoms with E-state index in [-0.39, 0.29) is 5.75 Å². The number of aromatic hydroxyl groups is 1. The van der Waals surface area contributed by atoms with Crippen LogP contribution < -0.4 is 4.74 Å². The zero-order valence-electron chi connectivity index (χ0n) is 12.3. The highest BCUT2D eigenvalue weighted by Crippen LogP contribution is 2.32. The Labute approximate surface area is 127 Å². The lowest BCUT2D eigenvalue weighted by atomic mass is 9.90. The highest BCUT2D eigenvalue weighted by Gasteiger charge is 2.44. The van der Waals surface area contributed by atoms with Crippen LogP contribution in [0.3, 0.4) is 0 Å². The normalized spacial score (nSPS) is 19.1. The van der Waals surface area contributed by atoms with Crippen LogP contribution in [0.1, 0.15) is 18.4 Å². The smallest absolute Gasteiger partial charge is 0.414 e. The molecule has 0 amide bonds. The molecule has 1 heterocycles. The quantitative estimate of drug-likeness (QED) is 0.895.